The van der Waals surface area contributed by atoms with Crippen LogP contribution in [0.15, 0.2) is 18.2 Å². The molecule has 0 saturated carbocycles. The van der Waals surface area contributed by atoms with Gasteiger partial charge in [0.1, 0.15) is 17.9 Å². The summed E-state index contributed by atoms with van der Waals surface area (Å²) in [5, 5.41) is 9.43. The lowest BCUT2D eigenvalue weighted by Crippen LogP contribution is -2.28. The molecule has 6 heteroatoms. The number of nitrogens with zero attached hydrogens (tertiary/aromatic N) is 1. The highest BCUT2D eigenvalue weighted by molar-refractivity contribution is 6.31. The smallest absolute Gasteiger partial charge is 0.339 e. The van der Waals surface area contributed by atoms with E-state index in [1.165, 1.54) is 6.07 Å². The Hall–Kier alpha value is -0.970. The van der Waals surface area contributed by atoms with Crippen molar-refractivity contribution in [1.29, 1.82) is 0 Å². The minimum atomic E-state index is -1.03. The molecule has 1 N–H and O–H groups in total. The average molecular weight is 308 g/mol. The summed E-state index contributed by atoms with van der Waals surface area (Å²) in [7, 11) is 0. The first kappa shape index (κ1) is 18.0. The van der Waals surface area contributed by atoms with Gasteiger partial charge >= 0.3 is 5.97 Å². The van der Waals surface area contributed by atoms with E-state index in [1.807, 2.05) is 0 Å². The Balaban J connectivity index is 0.00000324. The molecule has 0 atom stereocenters. The Bertz CT molecular complexity index is 409. The number of hydrogen-bond donors (Lipinski definition) is 1. The van der Waals surface area contributed by atoms with Crippen molar-refractivity contribution in [3.8, 4) is 5.75 Å². The molecule has 0 unspecified atom stereocenters. The van der Waals surface area contributed by atoms with Crippen molar-refractivity contribution in [3.05, 3.63) is 28.8 Å². The molecule has 0 heterocycles. The topological polar surface area (TPSA) is 49.8 Å². The highest BCUT2D eigenvalue weighted by Crippen LogP contribution is 2.22. The van der Waals surface area contributed by atoms with Crippen LogP contribution in [0.2, 0.25) is 5.02 Å². The van der Waals surface area contributed by atoms with Crippen LogP contribution < -0.4 is 4.74 Å². The van der Waals surface area contributed by atoms with Crippen molar-refractivity contribution >= 4 is 30.0 Å². The molecule has 1 rings (SSSR count). The number of aromatic carboxylic acids is 1. The molecule has 0 fully saturated rings. The van der Waals surface area contributed by atoms with E-state index in [2.05, 4.69) is 18.7 Å². The van der Waals surface area contributed by atoms with Gasteiger partial charge in [0, 0.05) is 11.6 Å². The second kappa shape index (κ2) is 9.02. The molecule has 108 valence electrons. The van der Waals surface area contributed by atoms with Crippen LogP contribution in [0.5, 0.6) is 5.75 Å². The summed E-state index contributed by atoms with van der Waals surface area (Å²) < 4.78 is 5.51. The quantitative estimate of drug-likeness (QED) is 0.840. The molecule has 19 heavy (non-hydrogen) atoms. The van der Waals surface area contributed by atoms with Gasteiger partial charge in [0.2, 0.25) is 0 Å². The monoisotopic (exact) mass is 307 g/mol. The van der Waals surface area contributed by atoms with Crippen molar-refractivity contribution in [1.82, 2.24) is 4.90 Å². The van der Waals surface area contributed by atoms with Gasteiger partial charge in [-0.05, 0) is 31.3 Å². The SMILES string of the molecule is CCN(CC)CCOc1ccc(Cl)cc1C(=O)O.Cl. The zero-order valence-electron chi connectivity index (χ0n) is 11.1. The third kappa shape index (κ3) is 5.68. The van der Waals surface area contributed by atoms with Crippen LogP contribution in [-0.2, 0) is 0 Å². The van der Waals surface area contributed by atoms with Gasteiger partial charge < -0.3 is 14.7 Å². The van der Waals surface area contributed by atoms with E-state index in [0.717, 1.165) is 19.6 Å². The maximum Gasteiger partial charge on any atom is 0.339 e. The highest BCUT2D eigenvalue weighted by atomic mass is 35.5. The van der Waals surface area contributed by atoms with Gasteiger partial charge in [0.15, 0.2) is 0 Å². The van der Waals surface area contributed by atoms with E-state index < -0.39 is 5.97 Å². The van der Waals surface area contributed by atoms with Crippen molar-refractivity contribution in [3.63, 3.8) is 0 Å². The summed E-state index contributed by atoms with van der Waals surface area (Å²) in [5.74, 6) is -0.672. The molecule has 4 nitrogen and oxygen atoms in total. The number of carboxylic acids is 1. The van der Waals surface area contributed by atoms with Crippen LogP contribution in [0.1, 0.15) is 24.2 Å². The third-order valence-electron chi connectivity index (χ3n) is 2.73. The van der Waals surface area contributed by atoms with Gasteiger partial charge in [-0.3, -0.25) is 0 Å². The van der Waals surface area contributed by atoms with Crippen molar-refractivity contribution < 1.29 is 14.6 Å². The minimum absolute atomic E-state index is 0. The lowest BCUT2D eigenvalue weighted by Gasteiger charge is -2.18. The van der Waals surface area contributed by atoms with Gasteiger partial charge in [-0.25, -0.2) is 4.79 Å². The number of carboxylic acid groups (broad SMARTS) is 1. The van der Waals surface area contributed by atoms with Crippen molar-refractivity contribution in [2.75, 3.05) is 26.2 Å². The average Bonchev–Trinajstić information content (AvgIpc) is 2.36. The van der Waals surface area contributed by atoms with Crippen LogP contribution in [0.25, 0.3) is 0 Å². The Labute approximate surface area is 124 Å². The first-order chi connectivity index (χ1) is 8.58. The Morgan fingerprint density at radius 1 is 1.37 bits per heavy atom. The predicted molar refractivity (Wildman–Crippen MR) is 78.9 cm³/mol. The summed E-state index contributed by atoms with van der Waals surface area (Å²) in [6.07, 6.45) is 0. The molecule has 0 amide bonds. The molecule has 0 saturated heterocycles. The number of likely N-dealkylation sites (N-methyl/N-ethyl adjacent to an activating group) is 1. The van der Waals surface area contributed by atoms with E-state index in [1.54, 1.807) is 12.1 Å². The van der Waals surface area contributed by atoms with E-state index in [9.17, 15) is 4.79 Å². The van der Waals surface area contributed by atoms with E-state index in [-0.39, 0.29) is 18.0 Å². The van der Waals surface area contributed by atoms with Crippen molar-refractivity contribution in [2.45, 2.75) is 13.8 Å². The van der Waals surface area contributed by atoms with Gasteiger partial charge in [-0.2, -0.15) is 0 Å². The second-order valence-corrected chi connectivity index (χ2v) is 4.26. The number of ether oxygens (including phenoxy) is 1. The van der Waals surface area contributed by atoms with Crippen molar-refractivity contribution in [2.24, 2.45) is 0 Å². The lowest BCUT2D eigenvalue weighted by atomic mass is 10.2. The molecule has 0 aliphatic rings. The summed E-state index contributed by atoms with van der Waals surface area (Å²) >= 11 is 5.76. The lowest BCUT2D eigenvalue weighted by molar-refractivity contribution is 0.0691. The maximum absolute atomic E-state index is 11.0. The molecule has 0 spiro atoms. The minimum Gasteiger partial charge on any atom is -0.491 e. The normalized spacial score (nSPS) is 10.1. The molecule has 0 radical (unpaired) electrons. The predicted octanol–water partition coefficient (Wildman–Crippen LogP) is 3.18. The largest absolute Gasteiger partial charge is 0.491 e. The maximum atomic E-state index is 11.0. The van der Waals surface area contributed by atoms with Gasteiger partial charge in [0.25, 0.3) is 0 Å². The number of benzene rings is 1. The Kier molecular flexibility index (Phi) is 8.56. The fourth-order valence-electron chi connectivity index (χ4n) is 1.62. The first-order valence-corrected chi connectivity index (χ1v) is 6.34. The molecule has 0 aliphatic carbocycles. The van der Waals surface area contributed by atoms with Crippen LogP contribution in [-0.4, -0.2) is 42.2 Å². The van der Waals surface area contributed by atoms with Crippen LogP contribution in [0.4, 0.5) is 0 Å². The Morgan fingerprint density at radius 2 is 2.00 bits per heavy atom. The van der Waals surface area contributed by atoms with E-state index in [4.69, 9.17) is 21.4 Å². The molecule has 0 aliphatic heterocycles. The molecular formula is C13H19Cl2NO3. The summed E-state index contributed by atoms with van der Waals surface area (Å²) in [4.78, 5) is 13.2. The molecule has 0 aromatic heterocycles. The van der Waals surface area contributed by atoms with Crippen LogP contribution in [0, 0.1) is 0 Å². The van der Waals surface area contributed by atoms with E-state index >= 15 is 0 Å². The zero-order chi connectivity index (χ0) is 13.5. The van der Waals surface area contributed by atoms with E-state index in [0.29, 0.717) is 17.4 Å². The number of halogens is 2. The fraction of sp³-hybridized carbons (Fsp3) is 0.462. The summed E-state index contributed by atoms with van der Waals surface area (Å²) in [6, 6.07) is 4.62. The first-order valence-electron chi connectivity index (χ1n) is 5.96. The number of hydrogen-bond acceptors (Lipinski definition) is 3. The fourth-order valence-corrected chi connectivity index (χ4v) is 1.79. The summed E-state index contributed by atoms with van der Waals surface area (Å²) in [6.45, 7) is 7.29. The van der Waals surface area contributed by atoms with Crippen LogP contribution >= 0.6 is 24.0 Å². The second-order valence-electron chi connectivity index (χ2n) is 3.82. The molecule has 0 bridgehead atoms. The number of rotatable bonds is 7. The standard InChI is InChI=1S/C13H18ClNO3.ClH/c1-3-15(4-2)7-8-18-12-6-5-10(14)9-11(12)13(16)17;/h5-6,9H,3-4,7-8H2,1-2H3,(H,16,17);1H. The summed E-state index contributed by atoms with van der Waals surface area (Å²) in [5.41, 5.74) is 0.0991. The van der Waals surface area contributed by atoms with Gasteiger partial charge in [-0.1, -0.05) is 25.4 Å². The van der Waals surface area contributed by atoms with Gasteiger partial charge in [0.05, 0.1) is 0 Å². The molecular weight excluding hydrogens is 289 g/mol. The van der Waals surface area contributed by atoms with Crippen LogP contribution in [0.3, 0.4) is 0 Å². The number of carbonyl (C=O) groups is 1. The third-order valence-corrected chi connectivity index (χ3v) is 2.97. The molecule has 1 aromatic carbocycles. The molecule has 1 aromatic rings. The highest BCUT2D eigenvalue weighted by Gasteiger charge is 2.12. The zero-order valence-corrected chi connectivity index (χ0v) is 12.6. The Morgan fingerprint density at radius 3 is 2.53 bits per heavy atom. The van der Waals surface area contributed by atoms with Gasteiger partial charge in [-0.15, -0.1) is 12.4 Å².